The van der Waals surface area contributed by atoms with Crippen molar-refractivity contribution < 1.29 is 14.3 Å². The van der Waals surface area contributed by atoms with Gasteiger partial charge in [-0.2, -0.15) is 0 Å². The number of nitrogens with two attached hydrogens (primary N) is 2. The quantitative estimate of drug-likeness (QED) is 0.777. The summed E-state index contributed by atoms with van der Waals surface area (Å²) >= 11 is 0. The molecule has 2 aromatic rings. The Balaban J connectivity index is 2.63. The monoisotopic (exact) mass is 274 g/mol. The maximum absolute atomic E-state index is 14.2. The summed E-state index contributed by atoms with van der Waals surface area (Å²) in [5.41, 5.74) is 9.10. The van der Waals surface area contributed by atoms with E-state index in [-0.39, 0.29) is 17.7 Å². The van der Waals surface area contributed by atoms with Gasteiger partial charge in [0.2, 0.25) is 0 Å². The number of benzene rings is 2. The summed E-state index contributed by atoms with van der Waals surface area (Å²) in [6.45, 7) is 0.164. The summed E-state index contributed by atoms with van der Waals surface area (Å²) in [7, 11) is 0. The third kappa shape index (κ3) is 2.29. The van der Waals surface area contributed by atoms with Gasteiger partial charge in [-0.1, -0.05) is 42.5 Å². The normalized spacial score (nSPS) is 13.8. The van der Waals surface area contributed by atoms with Gasteiger partial charge in [-0.25, -0.2) is 4.39 Å². The van der Waals surface area contributed by atoms with E-state index in [0.717, 1.165) is 0 Å². The summed E-state index contributed by atoms with van der Waals surface area (Å²) in [5, 5.41) is 10.6. The molecule has 2 aromatic carbocycles. The van der Waals surface area contributed by atoms with Crippen molar-refractivity contribution in [3.05, 3.63) is 71.0 Å². The van der Waals surface area contributed by atoms with Gasteiger partial charge >= 0.3 is 0 Å². The molecule has 1 unspecified atom stereocenters. The Kier molecular flexibility index (Phi) is 3.83. The highest BCUT2D eigenvalue weighted by atomic mass is 19.1. The van der Waals surface area contributed by atoms with Crippen LogP contribution in [0.1, 0.15) is 16.7 Å². The Morgan fingerprint density at radius 3 is 2.35 bits per heavy atom. The third-order valence-electron chi connectivity index (χ3n) is 3.21. The highest BCUT2D eigenvalue weighted by Crippen LogP contribution is 2.31. The fraction of sp³-hybridized carbons (Fsp3) is 0.133. The van der Waals surface area contributed by atoms with E-state index >= 15 is 0 Å². The van der Waals surface area contributed by atoms with Crippen molar-refractivity contribution in [2.75, 3.05) is 0 Å². The first-order valence-corrected chi connectivity index (χ1v) is 6.07. The van der Waals surface area contributed by atoms with E-state index in [0.29, 0.717) is 5.56 Å². The highest BCUT2D eigenvalue weighted by Gasteiger charge is 2.40. The van der Waals surface area contributed by atoms with E-state index < -0.39 is 17.3 Å². The van der Waals surface area contributed by atoms with Crippen LogP contribution >= 0.6 is 0 Å². The zero-order valence-corrected chi connectivity index (χ0v) is 10.7. The van der Waals surface area contributed by atoms with Crippen LogP contribution in [0.25, 0.3) is 0 Å². The van der Waals surface area contributed by atoms with Gasteiger partial charge in [0.05, 0.1) is 0 Å². The summed E-state index contributed by atoms with van der Waals surface area (Å²) in [5.74, 6) is -1.76. The zero-order chi connectivity index (χ0) is 14.8. The number of aliphatic hydroxyl groups is 1. The largest absolute Gasteiger partial charge is 0.372 e. The minimum Gasteiger partial charge on any atom is -0.372 e. The van der Waals surface area contributed by atoms with Crippen molar-refractivity contribution in [1.29, 1.82) is 0 Å². The lowest BCUT2D eigenvalue weighted by molar-refractivity contribution is -0.133. The number of rotatable bonds is 4. The van der Waals surface area contributed by atoms with Gasteiger partial charge in [0.15, 0.2) is 5.60 Å². The second kappa shape index (κ2) is 5.40. The molecule has 0 bridgehead atoms. The van der Waals surface area contributed by atoms with Crippen molar-refractivity contribution in [3.8, 4) is 0 Å². The van der Waals surface area contributed by atoms with E-state index in [2.05, 4.69) is 0 Å². The molecule has 4 nitrogen and oxygen atoms in total. The molecular formula is C15H15FN2O2. The van der Waals surface area contributed by atoms with E-state index in [1.807, 2.05) is 0 Å². The molecule has 104 valence electrons. The predicted octanol–water partition coefficient (Wildman–Crippen LogP) is 1.01. The molecule has 0 saturated heterocycles. The molecule has 0 heterocycles. The van der Waals surface area contributed by atoms with Crippen LogP contribution in [0, 0.1) is 5.82 Å². The topological polar surface area (TPSA) is 89.3 Å². The van der Waals surface area contributed by atoms with E-state index in [9.17, 15) is 14.3 Å². The van der Waals surface area contributed by atoms with Gasteiger partial charge < -0.3 is 16.6 Å². The minimum atomic E-state index is -2.21. The van der Waals surface area contributed by atoms with E-state index in [4.69, 9.17) is 11.5 Å². The fourth-order valence-electron chi connectivity index (χ4n) is 2.09. The molecule has 0 aromatic heterocycles. The predicted molar refractivity (Wildman–Crippen MR) is 72.9 cm³/mol. The SMILES string of the molecule is NCc1ccc(C(O)(C(N)=O)c2ccccc2)c(F)c1. The molecule has 5 heteroatoms. The van der Waals surface area contributed by atoms with Gasteiger partial charge in [0, 0.05) is 12.1 Å². The number of carbonyl (C=O) groups is 1. The smallest absolute Gasteiger partial charge is 0.258 e. The summed E-state index contributed by atoms with van der Waals surface area (Å²) in [4.78, 5) is 11.7. The first-order chi connectivity index (χ1) is 9.50. The molecule has 0 aliphatic carbocycles. The third-order valence-corrected chi connectivity index (χ3v) is 3.21. The molecule has 0 aliphatic heterocycles. The molecule has 5 N–H and O–H groups in total. The second-order valence-corrected chi connectivity index (χ2v) is 4.46. The van der Waals surface area contributed by atoms with Crippen LogP contribution in [0.2, 0.25) is 0 Å². The average Bonchev–Trinajstić information content (AvgIpc) is 2.47. The molecule has 2 rings (SSSR count). The summed E-state index contributed by atoms with van der Waals surface area (Å²) in [6, 6.07) is 12.1. The Labute approximate surface area is 115 Å². The average molecular weight is 274 g/mol. The molecular weight excluding hydrogens is 259 g/mol. The van der Waals surface area contributed by atoms with E-state index in [1.165, 1.54) is 24.3 Å². The lowest BCUT2D eigenvalue weighted by Crippen LogP contribution is -2.42. The summed E-state index contributed by atoms with van der Waals surface area (Å²) < 4.78 is 14.2. The molecule has 20 heavy (non-hydrogen) atoms. The molecule has 0 aliphatic rings. The Morgan fingerprint density at radius 2 is 1.85 bits per heavy atom. The Hall–Kier alpha value is -2.24. The van der Waals surface area contributed by atoms with Gasteiger partial charge in [-0.3, -0.25) is 4.79 Å². The summed E-state index contributed by atoms with van der Waals surface area (Å²) in [6.07, 6.45) is 0. The number of hydrogen-bond donors (Lipinski definition) is 3. The van der Waals surface area contributed by atoms with Gasteiger partial charge in [0.1, 0.15) is 5.82 Å². The van der Waals surface area contributed by atoms with Gasteiger partial charge in [-0.15, -0.1) is 0 Å². The lowest BCUT2D eigenvalue weighted by atomic mass is 9.85. The molecule has 0 saturated carbocycles. The van der Waals surface area contributed by atoms with Crippen molar-refractivity contribution in [3.63, 3.8) is 0 Å². The highest BCUT2D eigenvalue weighted by molar-refractivity contribution is 5.88. The standard InChI is InChI=1S/C15H15FN2O2/c16-13-8-10(9-17)6-7-12(13)15(20,14(18)19)11-4-2-1-3-5-11/h1-8,20H,9,17H2,(H2,18,19). The number of amides is 1. The van der Waals surface area contributed by atoms with E-state index in [1.54, 1.807) is 24.3 Å². The van der Waals surface area contributed by atoms with Crippen LogP contribution in [0.4, 0.5) is 4.39 Å². The zero-order valence-electron chi connectivity index (χ0n) is 10.7. The van der Waals surface area contributed by atoms with Crippen LogP contribution in [0.5, 0.6) is 0 Å². The first-order valence-electron chi connectivity index (χ1n) is 6.07. The number of hydrogen-bond acceptors (Lipinski definition) is 3. The van der Waals surface area contributed by atoms with Crippen LogP contribution in [-0.2, 0) is 16.9 Å². The van der Waals surface area contributed by atoms with Gasteiger partial charge in [-0.05, 0) is 17.2 Å². The Bertz CT molecular complexity index is 631. The van der Waals surface area contributed by atoms with Crippen molar-refractivity contribution in [1.82, 2.24) is 0 Å². The maximum atomic E-state index is 14.2. The van der Waals surface area contributed by atoms with Gasteiger partial charge in [0.25, 0.3) is 5.91 Å². The molecule has 0 radical (unpaired) electrons. The Morgan fingerprint density at radius 1 is 1.20 bits per heavy atom. The number of primary amides is 1. The second-order valence-electron chi connectivity index (χ2n) is 4.46. The minimum absolute atomic E-state index is 0.164. The number of carbonyl (C=O) groups excluding carboxylic acids is 1. The molecule has 1 atom stereocenters. The molecule has 0 fully saturated rings. The first kappa shape index (κ1) is 14.2. The van der Waals surface area contributed by atoms with Crippen LogP contribution in [-0.4, -0.2) is 11.0 Å². The van der Waals surface area contributed by atoms with Crippen molar-refractivity contribution in [2.45, 2.75) is 12.1 Å². The van der Waals surface area contributed by atoms with Crippen LogP contribution in [0.15, 0.2) is 48.5 Å². The molecule has 0 spiro atoms. The van der Waals surface area contributed by atoms with Crippen LogP contribution in [0.3, 0.4) is 0 Å². The maximum Gasteiger partial charge on any atom is 0.258 e. The fourth-order valence-corrected chi connectivity index (χ4v) is 2.09. The van der Waals surface area contributed by atoms with Crippen molar-refractivity contribution >= 4 is 5.91 Å². The molecule has 1 amide bonds. The lowest BCUT2D eigenvalue weighted by Gasteiger charge is -2.26. The van der Waals surface area contributed by atoms with Crippen LogP contribution < -0.4 is 11.5 Å². The number of halogens is 1. The van der Waals surface area contributed by atoms with Crippen molar-refractivity contribution in [2.24, 2.45) is 11.5 Å².